The molecule has 0 aliphatic carbocycles. The molecule has 94 valence electrons. The lowest BCUT2D eigenvalue weighted by Gasteiger charge is -2.15. The summed E-state index contributed by atoms with van der Waals surface area (Å²) in [6, 6.07) is 12.4. The molecule has 0 spiro atoms. The Balaban J connectivity index is 2.16. The normalized spacial score (nSPS) is 12.2. The fraction of sp³-hybridized carbons (Fsp3) is 0.200. The van der Waals surface area contributed by atoms with Gasteiger partial charge in [0.05, 0.1) is 0 Å². The zero-order valence-electron chi connectivity index (χ0n) is 10.5. The van der Waals surface area contributed by atoms with Crippen molar-refractivity contribution in [3.8, 4) is 5.75 Å². The van der Waals surface area contributed by atoms with E-state index in [1.165, 1.54) is 6.07 Å². The Kier molecular flexibility index (Phi) is 3.51. The van der Waals surface area contributed by atoms with Crippen LogP contribution >= 0.6 is 0 Å². The van der Waals surface area contributed by atoms with Crippen molar-refractivity contribution in [2.45, 2.75) is 20.0 Å². The number of hydrogen-bond donors (Lipinski definition) is 1. The number of hydrogen-bond acceptors (Lipinski definition) is 2. The number of anilines is 1. The van der Waals surface area contributed by atoms with E-state index in [0.29, 0.717) is 17.0 Å². The summed E-state index contributed by atoms with van der Waals surface area (Å²) in [4.78, 5) is 0. The molecule has 2 aromatic carbocycles. The number of rotatable bonds is 3. The van der Waals surface area contributed by atoms with Gasteiger partial charge >= 0.3 is 0 Å². The molecule has 0 aliphatic rings. The molecule has 0 aromatic heterocycles. The summed E-state index contributed by atoms with van der Waals surface area (Å²) in [7, 11) is 0. The minimum Gasteiger partial charge on any atom is -0.486 e. The Morgan fingerprint density at radius 1 is 1.17 bits per heavy atom. The highest BCUT2D eigenvalue weighted by molar-refractivity contribution is 5.41. The van der Waals surface area contributed by atoms with Crippen molar-refractivity contribution in [2.24, 2.45) is 0 Å². The van der Waals surface area contributed by atoms with Gasteiger partial charge in [0, 0.05) is 11.8 Å². The van der Waals surface area contributed by atoms with Gasteiger partial charge in [0.15, 0.2) is 0 Å². The first kappa shape index (κ1) is 12.4. The van der Waals surface area contributed by atoms with Crippen LogP contribution in [0.15, 0.2) is 42.5 Å². The van der Waals surface area contributed by atoms with Crippen LogP contribution in [-0.2, 0) is 0 Å². The van der Waals surface area contributed by atoms with Crippen LogP contribution in [0.1, 0.15) is 24.2 Å². The van der Waals surface area contributed by atoms with Crippen molar-refractivity contribution in [1.29, 1.82) is 0 Å². The predicted molar refractivity (Wildman–Crippen MR) is 71.0 cm³/mol. The zero-order chi connectivity index (χ0) is 13.1. The lowest BCUT2D eigenvalue weighted by Crippen LogP contribution is -2.04. The van der Waals surface area contributed by atoms with E-state index >= 15 is 0 Å². The van der Waals surface area contributed by atoms with Crippen LogP contribution in [0.3, 0.4) is 0 Å². The second-order valence-corrected chi connectivity index (χ2v) is 4.34. The van der Waals surface area contributed by atoms with E-state index < -0.39 is 0 Å². The van der Waals surface area contributed by atoms with E-state index in [9.17, 15) is 4.39 Å². The first-order chi connectivity index (χ1) is 8.56. The molecule has 0 saturated heterocycles. The molecular weight excluding hydrogens is 229 g/mol. The molecule has 0 fully saturated rings. The van der Waals surface area contributed by atoms with Crippen LogP contribution in [-0.4, -0.2) is 0 Å². The molecule has 3 heteroatoms. The molecule has 2 N–H and O–H groups in total. The number of nitrogens with two attached hydrogens (primary N) is 1. The van der Waals surface area contributed by atoms with Crippen molar-refractivity contribution < 1.29 is 9.13 Å². The molecule has 0 aliphatic heterocycles. The van der Waals surface area contributed by atoms with Crippen LogP contribution in [0, 0.1) is 12.7 Å². The maximum Gasteiger partial charge on any atom is 0.129 e. The van der Waals surface area contributed by atoms with Crippen molar-refractivity contribution >= 4 is 5.69 Å². The first-order valence-corrected chi connectivity index (χ1v) is 5.84. The SMILES string of the molecule is Cc1ccc(OC(C)c2cccc(N)c2)cc1F. The average Bonchev–Trinajstić information content (AvgIpc) is 2.34. The van der Waals surface area contributed by atoms with Crippen LogP contribution in [0.25, 0.3) is 0 Å². The van der Waals surface area contributed by atoms with Crippen molar-refractivity contribution in [3.63, 3.8) is 0 Å². The van der Waals surface area contributed by atoms with E-state index in [1.807, 2.05) is 31.2 Å². The number of benzene rings is 2. The molecule has 0 heterocycles. The molecule has 0 saturated carbocycles. The summed E-state index contributed by atoms with van der Waals surface area (Å²) >= 11 is 0. The second-order valence-electron chi connectivity index (χ2n) is 4.34. The van der Waals surface area contributed by atoms with E-state index in [2.05, 4.69) is 0 Å². The third-order valence-electron chi connectivity index (χ3n) is 2.84. The molecular formula is C15H16FNO. The Morgan fingerprint density at radius 2 is 1.94 bits per heavy atom. The molecule has 0 radical (unpaired) electrons. The largest absolute Gasteiger partial charge is 0.486 e. The fourth-order valence-electron chi connectivity index (χ4n) is 1.73. The van der Waals surface area contributed by atoms with Gasteiger partial charge in [-0.2, -0.15) is 0 Å². The highest BCUT2D eigenvalue weighted by Crippen LogP contribution is 2.24. The minimum absolute atomic E-state index is 0.171. The predicted octanol–water partition coefficient (Wildman–Crippen LogP) is 3.86. The summed E-state index contributed by atoms with van der Waals surface area (Å²) in [6.07, 6.45) is -0.171. The summed E-state index contributed by atoms with van der Waals surface area (Å²) in [5.74, 6) is 0.264. The van der Waals surface area contributed by atoms with E-state index in [4.69, 9.17) is 10.5 Å². The van der Waals surface area contributed by atoms with Gasteiger partial charge in [0.1, 0.15) is 17.7 Å². The Hall–Kier alpha value is -2.03. The number of halogens is 1. The number of nitrogen functional groups attached to an aromatic ring is 1. The van der Waals surface area contributed by atoms with E-state index in [1.54, 1.807) is 19.1 Å². The van der Waals surface area contributed by atoms with Crippen LogP contribution < -0.4 is 10.5 Å². The Labute approximate surface area is 106 Å². The minimum atomic E-state index is -0.257. The monoisotopic (exact) mass is 245 g/mol. The number of ether oxygens (including phenoxy) is 1. The topological polar surface area (TPSA) is 35.2 Å². The smallest absolute Gasteiger partial charge is 0.129 e. The molecule has 0 amide bonds. The molecule has 2 rings (SSSR count). The van der Waals surface area contributed by atoms with Gasteiger partial charge in [-0.25, -0.2) is 4.39 Å². The van der Waals surface area contributed by atoms with Gasteiger partial charge in [-0.05, 0) is 43.2 Å². The second kappa shape index (κ2) is 5.08. The van der Waals surface area contributed by atoms with Crippen molar-refractivity contribution in [3.05, 3.63) is 59.4 Å². The standard InChI is InChI=1S/C15H16FNO/c1-10-6-7-14(9-15(10)16)18-11(2)12-4-3-5-13(17)8-12/h3-9,11H,17H2,1-2H3. The lowest BCUT2D eigenvalue weighted by atomic mass is 10.1. The third kappa shape index (κ3) is 2.80. The summed E-state index contributed by atoms with van der Waals surface area (Å²) < 4.78 is 19.1. The molecule has 1 atom stereocenters. The number of aryl methyl sites for hydroxylation is 1. The highest BCUT2D eigenvalue weighted by atomic mass is 19.1. The van der Waals surface area contributed by atoms with Gasteiger partial charge < -0.3 is 10.5 Å². The molecule has 18 heavy (non-hydrogen) atoms. The zero-order valence-corrected chi connectivity index (χ0v) is 10.5. The first-order valence-electron chi connectivity index (χ1n) is 5.84. The lowest BCUT2D eigenvalue weighted by molar-refractivity contribution is 0.226. The summed E-state index contributed by atoms with van der Waals surface area (Å²) in [5, 5.41) is 0. The fourth-order valence-corrected chi connectivity index (χ4v) is 1.73. The van der Waals surface area contributed by atoms with Gasteiger partial charge in [-0.1, -0.05) is 18.2 Å². The van der Waals surface area contributed by atoms with Gasteiger partial charge in [0.25, 0.3) is 0 Å². The quantitative estimate of drug-likeness (QED) is 0.833. The summed E-state index contributed by atoms with van der Waals surface area (Å²) in [5.41, 5.74) is 7.99. The Bertz CT molecular complexity index is 554. The molecule has 1 unspecified atom stereocenters. The highest BCUT2D eigenvalue weighted by Gasteiger charge is 2.08. The van der Waals surface area contributed by atoms with Crippen LogP contribution in [0.4, 0.5) is 10.1 Å². The van der Waals surface area contributed by atoms with Gasteiger partial charge in [-0.3, -0.25) is 0 Å². The van der Waals surface area contributed by atoms with E-state index in [-0.39, 0.29) is 11.9 Å². The van der Waals surface area contributed by atoms with Crippen molar-refractivity contribution in [2.75, 3.05) is 5.73 Å². The van der Waals surface area contributed by atoms with Crippen molar-refractivity contribution in [1.82, 2.24) is 0 Å². The van der Waals surface area contributed by atoms with Crippen LogP contribution in [0.5, 0.6) is 5.75 Å². The maximum absolute atomic E-state index is 13.4. The molecule has 2 aromatic rings. The third-order valence-corrected chi connectivity index (χ3v) is 2.84. The average molecular weight is 245 g/mol. The Morgan fingerprint density at radius 3 is 2.61 bits per heavy atom. The van der Waals surface area contributed by atoms with Gasteiger partial charge in [0.2, 0.25) is 0 Å². The molecule has 0 bridgehead atoms. The maximum atomic E-state index is 13.4. The van der Waals surface area contributed by atoms with Crippen LogP contribution in [0.2, 0.25) is 0 Å². The van der Waals surface area contributed by atoms with E-state index in [0.717, 1.165) is 5.56 Å². The van der Waals surface area contributed by atoms with Gasteiger partial charge in [-0.15, -0.1) is 0 Å². The summed E-state index contributed by atoms with van der Waals surface area (Å²) in [6.45, 7) is 3.63. The molecule has 2 nitrogen and oxygen atoms in total.